The molecular weight excluding hydrogens is 592 g/mol. The Balaban J connectivity index is 1.06. The highest BCUT2D eigenvalue weighted by atomic mass is 16.5. The Labute approximate surface area is 276 Å². The second-order valence-electron chi connectivity index (χ2n) is 13.3. The van der Waals surface area contributed by atoms with E-state index >= 15 is 0 Å². The van der Waals surface area contributed by atoms with Gasteiger partial charge in [0.25, 0.3) is 5.91 Å². The molecule has 1 amide bonds. The van der Waals surface area contributed by atoms with Gasteiger partial charge in [-0.3, -0.25) is 14.6 Å². The second-order valence-corrected chi connectivity index (χ2v) is 13.3. The Bertz CT molecular complexity index is 1690. The van der Waals surface area contributed by atoms with Crippen LogP contribution in [0.4, 0.5) is 0 Å². The van der Waals surface area contributed by atoms with Crippen LogP contribution in [0.2, 0.25) is 0 Å². The van der Waals surface area contributed by atoms with Crippen LogP contribution in [0.5, 0.6) is 0 Å². The number of carbonyl (C=O) groups excluding carboxylic acids is 1. The lowest BCUT2D eigenvalue weighted by Crippen LogP contribution is -2.42. The first-order valence-corrected chi connectivity index (χ1v) is 17.0. The molecule has 248 valence electrons. The van der Waals surface area contributed by atoms with E-state index in [1.807, 2.05) is 36.7 Å². The highest BCUT2D eigenvalue weighted by molar-refractivity contribution is 5.96. The molecule has 10 heteroatoms. The van der Waals surface area contributed by atoms with Crippen LogP contribution in [0.1, 0.15) is 39.9 Å². The van der Waals surface area contributed by atoms with Crippen LogP contribution in [0.25, 0.3) is 33.5 Å². The number of amides is 1. The predicted molar refractivity (Wildman–Crippen MR) is 182 cm³/mol. The number of nitrogens with one attached hydrogen (secondary N) is 1. The number of aryl methyl sites for hydroxylation is 1. The summed E-state index contributed by atoms with van der Waals surface area (Å²) in [6, 6.07) is 12.2. The number of benzene rings is 2. The van der Waals surface area contributed by atoms with Crippen molar-refractivity contribution in [2.24, 2.45) is 5.92 Å². The number of hydrogen-bond acceptors (Lipinski definition) is 8. The van der Waals surface area contributed by atoms with Crippen LogP contribution in [-0.4, -0.2) is 120 Å². The number of morpholine rings is 1. The lowest BCUT2D eigenvalue weighted by Gasteiger charge is -2.33. The number of rotatable bonds is 9. The van der Waals surface area contributed by atoms with Crippen molar-refractivity contribution >= 4 is 17.1 Å². The van der Waals surface area contributed by atoms with Crippen molar-refractivity contribution in [2.75, 3.05) is 72.7 Å². The minimum atomic E-state index is -0.552. The number of carbonyl (C=O) groups is 1. The molecule has 0 aliphatic carbocycles. The van der Waals surface area contributed by atoms with Crippen LogP contribution in [0.15, 0.2) is 48.8 Å². The molecule has 0 radical (unpaired) electrons. The number of aromatic amines is 1. The van der Waals surface area contributed by atoms with Gasteiger partial charge in [-0.15, -0.1) is 0 Å². The van der Waals surface area contributed by atoms with Gasteiger partial charge in [-0.25, -0.2) is 9.97 Å². The van der Waals surface area contributed by atoms with Crippen molar-refractivity contribution in [1.82, 2.24) is 29.7 Å². The van der Waals surface area contributed by atoms with Crippen LogP contribution in [0.3, 0.4) is 0 Å². The fourth-order valence-corrected chi connectivity index (χ4v) is 7.30. The van der Waals surface area contributed by atoms with Crippen LogP contribution in [-0.2, 0) is 22.4 Å². The Morgan fingerprint density at radius 2 is 1.77 bits per heavy atom. The summed E-state index contributed by atoms with van der Waals surface area (Å²) in [6.07, 6.45) is 5.97. The van der Waals surface area contributed by atoms with E-state index in [2.05, 4.69) is 33.8 Å². The number of aromatic nitrogens is 3. The van der Waals surface area contributed by atoms with E-state index in [1.54, 1.807) is 11.9 Å². The summed E-state index contributed by atoms with van der Waals surface area (Å²) >= 11 is 0. The highest BCUT2D eigenvalue weighted by Gasteiger charge is 2.25. The van der Waals surface area contributed by atoms with Crippen LogP contribution < -0.4 is 0 Å². The lowest BCUT2D eigenvalue weighted by atomic mass is 9.92. The molecule has 2 aromatic heterocycles. The van der Waals surface area contributed by atoms with E-state index < -0.39 is 6.10 Å². The zero-order chi connectivity index (χ0) is 32.3. The van der Waals surface area contributed by atoms with E-state index in [9.17, 15) is 9.90 Å². The average molecular weight is 639 g/mol. The van der Waals surface area contributed by atoms with Gasteiger partial charge in [0.1, 0.15) is 5.52 Å². The Morgan fingerprint density at radius 3 is 2.55 bits per heavy atom. The normalized spacial score (nSPS) is 18.7. The summed E-state index contributed by atoms with van der Waals surface area (Å²) in [5, 5.41) is 10.7. The van der Waals surface area contributed by atoms with E-state index in [4.69, 9.17) is 19.4 Å². The maximum absolute atomic E-state index is 13.2. The maximum Gasteiger partial charge on any atom is 0.253 e. The van der Waals surface area contributed by atoms with Crippen molar-refractivity contribution in [3.8, 4) is 22.4 Å². The molecule has 0 unspecified atom stereocenters. The summed E-state index contributed by atoms with van der Waals surface area (Å²) in [5.74, 6) is 0.0610. The molecule has 7 rings (SSSR count). The minimum absolute atomic E-state index is 0.105. The zero-order valence-electron chi connectivity index (χ0n) is 27.6. The standard InChI is InChI=1S/C37H46N6O4/c1-25-19-29(20-30-23-43(10-7-31(25)30)12-11-42-13-17-47-18-14-42)33-22-39-36-35(40-33)32(21-38-36)26-3-5-28(6-4-26)37(45)41(2)24-34(44)27-8-15-46-16-9-27/h3-6,19-22,27,34,44H,7-18,23-24H2,1-2H3,(H,38,39)/t34-/m0/s1. The third-order valence-corrected chi connectivity index (χ3v) is 10.2. The number of ether oxygens (including phenoxy) is 2. The summed E-state index contributed by atoms with van der Waals surface area (Å²) in [5.41, 5.74) is 10.1. The van der Waals surface area contributed by atoms with Crippen molar-refractivity contribution in [2.45, 2.75) is 38.8 Å². The molecule has 3 aliphatic rings. The van der Waals surface area contributed by atoms with Crippen LogP contribution in [0, 0.1) is 12.8 Å². The van der Waals surface area contributed by atoms with Gasteiger partial charge in [0.2, 0.25) is 0 Å². The van der Waals surface area contributed by atoms with Crippen molar-refractivity contribution in [3.63, 3.8) is 0 Å². The molecule has 2 fully saturated rings. The van der Waals surface area contributed by atoms with E-state index in [1.165, 1.54) is 16.7 Å². The Kier molecular flexibility index (Phi) is 9.65. The second kappa shape index (κ2) is 14.2. The molecule has 2 saturated heterocycles. The number of nitrogens with zero attached hydrogens (tertiary/aromatic N) is 5. The van der Waals surface area contributed by atoms with Gasteiger partial charge < -0.3 is 24.5 Å². The maximum atomic E-state index is 13.2. The predicted octanol–water partition coefficient (Wildman–Crippen LogP) is 4.15. The third-order valence-electron chi connectivity index (χ3n) is 10.2. The molecule has 47 heavy (non-hydrogen) atoms. The van der Waals surface area contributed by atoms with Crippen molar-refractivity contribution in [3.05, 3.63) is 71.0 Å². The van der Waals surface area contributed by atoms with Gasteiger partial charge >= 0.3 is 0 Å². The average Bonchev–Trinajstić information content (AvgIpc) is 3.54. The SMILES string of the molecule is Cc1cc(-c2cnc3[nH]cc(-c4ccc(C(=O)N(C)C[C@H](O)C5CCOCC5)cc4)c3n2)cc2c1CCN(CCN1CCOCC1)C2. The number of fused-ring (bicyclic) bond motifs is 2. The van der Waals surface area contributed by atoms with Gasteiger partial charge in [-0.1, -0.05) is 12.1 Å². The molecule has 2 aromatic carbocycles. The fraction of sp³-hybridized carbons (Fsp3) is 0.486. The number of likely N-dealkylation sites (N-methyl/N-ethyl adjacent to an activating group) is 1. The van der Waals surface area contributed by atoms with E-state index in [-0.39, 0.29) is 11.8 Å². The van der Waals surface area contributed by atoms with Gasteiger partial charge in [-0.2, -0.15) is 0 Å². The Hall–Kier alpha value is -3.67. The quantitative estimate of drug-likeness (QED) is 0.282. The Morgan fingerprint density at radius 1 is 1.02 bits per heavy atom. The number of H-pyrrole nitrogens is 1. The molecule has 5 heterocycles. The molecule has 4 aromatic rings. The number of hydrogen-bond donors (Lipinski definition) is 2. The summed E-state index contributed by atoms with van der Waals surface area (Å²) in [7, 11) is 1.75. The molecule has 10 nitrogen and oxygen atoms in total. The number of aliphatic hydroxyl groups excluding tert-OH is 1. The summed E-state index contributed by atoms with van der Waals surface area (Å²) in [6.45, 7) is 11.8. The monoisotopic (exact) mass is 638 g/mol. The molecule has 3 aliphatic heterocycles. The van der Waals surface area contributed by atoms with Crippen molar-refractivity contribution in [1.29, 1.82) is 0 Å². The van der Waals surface area contributed by atoms with E-state index in [0.717, 1.165) is 105 Å². The first-order valence-electron chi connectivity index (χ1n) is 17.0. The van der Waals surface area contributed by atoms with Crippen molar-refractivity contribution < 1.29 is 19.4 Å². The van der Waals surface area contributed by atoms with E-state index in [0.29, 0.717) is 25.3 Å². The molecule has 0 bridgehead atoms. The summed E-state index contributed by atoms with van der Waals surface area (Å²) in [4.78, 5) is 33.0. The zero-order valence-corrected chi connectivity index (χ0v) is 27.6. The van der Waals surface area contributed by atoms with Gasteiger partial charge in [0.05, 0.1) is 31.2 Å². The largest absolute Gasteiger partial charge is 0.391 e. The summed E-state index contributed by atoms with van der Waals surface area (Å²) < 4.78 is 10.9. The molecule has 2 N–H and O–H groups in total. The van der Waals surface area contributed by atoms with Gasteiger partial charge in [0, 0.05) is 89.0 Å². The lowest BCUT2D eigenvalue weighted by molar-refractivity contribution is -0.00220. The minimum Gasteiger partial charge on any atom is -0.391 e. The smallest absolute Gasteiger partial charge is 0.253 e. The molecule has 0 spiro atoms. The van der Waals surface area contributed by atoms with Gasteiger partial charge in [-0.05, 0) is 78.6 Å². The highest BCUT2D eigenvalue weighted by Crippen LogP contribution is 2.32. The molecular formula is C37H46N6O4. The molecule has 1 atom stereocenters. The fourth-order valence-electron chi connectivity index (χ4n) is 7.30. The molecule has 0 saturated carbocycles. The first-order chi connectivity index (χ1) is 22.9. The third kappa shape index (κ3) is 7.12. The first kappa shape index (κ1) is 31.9. The topological polar surface area (TPSA) is 107 Å². The number of aliphatic hydroxyl groups is 1. The van der Waals surface area contributed by atoms with Gasteiger partial charge in [0.15, 0.2) is 5.65 Å². The van der Waals surface area contributed by atoms with Crippen LogP contribution >= 0.6 is 0 Å².